The highest BCUT2D eigenvalue weighted by Crippen LogP contribution is 2.38. The second-order valence-electron chi connectivity index (χ2n) is 5.12. The van der Waals surface area contributed by atoms with E-state index in [2.05, 4.69) is 30.8 Å². The number of hydrogen-bond acceptors (Lipinski definition) is 4. The fourth-order valence-electron chi connectivity index (χ4n) is 3.23. The van der Waals surface area contributed by atoms with E-state index >= 15 is 0 Å². The lowest BCUT2D eigenvalue weighted by Crippen LogP contribution is -2.38. The van der Waals surface area contributed by atoms with Gasteiger partial charge in [0.25, 0.3) is 0 Å². The van der Waals surface area contributed by atoms with Crippen molar-refractivity contribution in [3.05, 3.63) is 17.0 Å². The van der Waals surface area contributed by atoms with Gasteiger partial charge >= 0.3 is 0 Å². The molecule has 0 bridgehead atoms. The number of nitrogens with zero attached hydrogens (tertiary/aromatic N) is 3. The number of hydrogen-bond donors (Lipinski definition) is 1. The zero-order valence-electron chi connectivity index (χ0n) is 9.72. The summed E-state index contributed by atoms with van der Waals surface area (Å²) in [5.74, 6) is 2.41. The average molecular weight is 297 g/mol. The van der Waals surface area contributed by atoms with Gasteiger partial charge in [-0.15, -0.1) is 0 Å². The maximum Gasteiger partial charge on any atom is 0.146 e. The largest absolute Gasteiger partial charge is 0.355 e. The SMILES string of the molecule is NC1CCCC2CN(c3ncncc3Br)CC12. The van der Waals surface area contributed by atoms with Crippen LogP contribution in [0.3, 0.4) is 0 Å². The molecule has 1 saturated heterocycles. The van der Waals surface area contributed by atoms with Crippen LogP contribution in [0.15, 0.2) is 17.0 Å². The molecule has 0 amide bonds. The molecule has 2 N–H and O–H groups in total. The molecular formula is C12H17BrN4. The lowest BCUT2D eigenvalue weighted by atomic mass is 9.78. The average Bonchev–Trinajstić information content (AvgIpc) is 2.75. The fourth-order valence-corrected chi connectivity index (χ4v) is 3.70. The Morgan fingerprint density at radius 3 is 3.00 bits per heavy atom. The number of fused-ring (bicyclic) bond motifs is 1. The Labute approximate surface area is 110 Å². The van der Waals surface area contributed by atoms with Crippen LogP contribution in [0.25, 0.3) is 0 Å². The first-order valence-corrected chi connectivity index (χ1v) is 7.01. The highest BCUT2D eigenvalue weighted by Gasteiger charge is 2.39. The van der Waals surface area contributed by atoms with Crippen LogP contribution in [-0.2, 0) is 0 Å². The van der Waals surface area contributed by atoms with Crippen molar-refractivity contribution >= 4 is 21.7 Å². The third kappa shape index (κ3) is 2.06. The fraction of sp³-hybridized carbons (Fsp3) is 0.667. The molecule has 1 saturated carbocycles. The topological polar surface area (TPSA) is 55.0 Å². The second kappa shape index (κ2) is 4.53. The Balaban J connectivity index is 1.81. The van der Waals surface area contributed by atoms with Crippen molar-refractivity contribution in [2.75, 3.05) is 18.0 Å². The minimum absolute atomic E-state index is 0.374. The molecule has 0 radical (unpaired) electrons. The van der Waals surface area contributed by atoms with Gasteiger partial charge in [0, 0.05) is 25.3 Å². The molecule has 4 nitrogen and oxygen atoms in total. The molecule has 92 valence electrons. The summed E-state index contributed by atoms with van der Waals surface area (Å²) in [5, 5.41) is 0. The van der Waals surface area contributed by atoms with Crippen molar-refractivity contribution < 1.29 is 0 Å². The van der Waals surface area contributed by atoms with Gasteiger partial charge in [-0.25, -0.2) is 9.97 Å². The van der Waals surface area contributed by atoms with E-state index in [4.69, 9.17) is 5.73 Å². The lowest BCUT2D eigenvalue weighted by molar-refractivity contribution is 0.260. The zero-order chi connectivity index (χ0) is 11.8. The quantitative estimate of drug-likeness (QED) is 0.859. The van der Waals surface area contributed by atoms with Gasteiger partial charge < -0.3 is 10.6 Å². The van der Waals surface area contributed by atoms with Crippen LogP contribution >= 0.6 is 15.9 Å². The molecule has 1 aromatic heterocycles. The normalized spacial score (nSPS) is 32.6. The number of nitrogens with two attached hydrogens (primary N) is 1. The van der Waals surface area contributed by atoms with E-state index in [1.54, 1.807) is 6.33 Å². The minimum Gasteiger partial charge on any atom is -0.355 e. The van der Waals surface area contributed by atoms with Crippen molar-refractivity contribution in [2.24, 2.45) is 17.6 Å². The maximum absolute atomic E-state index is 6.23. The summed E-state index contributed by atoms with van der Waals surface area (Å²) in [6.45, 7) is 2.13. The molecule has 17 heavy (non-hydrogen) atoms. The predicted octanol–water partition coefficient (Wildman–Crippen LogP) is 1.80. The van der Waals surface area contributed by atoms with Crippen LogP contribution in [0, 0.1) is 11.8 Å². The van der Waals surface area contributed by atoms with Gasteiger partial charge in [-0.05, 0) is 40.6 Å². The highest BCUT2D eigenvalue weighted by atomic mass is 79.9. The molecule has 2 fully saturated rings. The number of halogens is 1. The third-order valence-corrected chi connectivity index (χ3v) is 4.66. The molecule has 3 rings (SSSR count). The van der Waals surface area contributed by atoms with Crippen molar-refractivity contribution in [2.45, 2.75) is 25.3 Å². The number of rotatable bonds is 1. The smallest absolute Gasteiger partial charge is 0.146 e. The van der Waals surface area contributed by atoms with E-state index in [9.17, 15) is 0 Å². The molecule has 0 aromatic carbocycles. The molecular weight excluding hydrogens is 280 g/mol. The molecule has 1 aliphatic heterocycles. The summed E-state index contributed by atoms with van der Waals surface area (Å²) >= 11 is 3.52. The Hall–Kier alpha value is -0.680. The van der Waals surface area contributed by atoms with Gasteiger partial charge in [0.05, 0.1) is 4.47 Å². The first kappa shape index (κ1) is 11.4. The van der Waals surface area contributed by atoms with Gasteiger partial charge in [-0.3, -0.25) is 0 Å². The summed E-state index contributed by atoms with van der Waals surface area (Å²) in [7, 11) is 0. The Bertz CT molecular complexity index is 411. The molecule has 0 spiro atoms. The molecule has 5 heteroatoms. The van der Waals surface area contributed by atoms with Crippen molar-refractivity contribution in [3.63, 3.8) is 0 Å². The van der Waals surface area contributed by atoms with Crippen LogP contribution in [0.2, 0.25) is 0 Å². The van der Waals surface area contributed by atoms with Crippen LogP contribution in [0.1, 0.15) is 19.3 Å². The van der Waals surface area contributed by atoms with Gasteiger partial charge in [0.2, 0.25) is 0 Å². The van der Waals surface area contributed by atoms with E-state index in [1.807, 2.05) is 6.20 Å². The number of anilines is 1. The van der Waals surface area contributed by atoms with E-state index < -0.39 is 0 Å². The second-order valence-corrected chi connectivity index (χ2v) is 5.97. The maximum atomic E-state index is 6.23. The summed E-state index contributed by atoms with van der Waals surface area (Å²) in [5.41, 5.74) is 6.23. The summed E-state index contributed by atoms with van der Waals surface area (Å²) in [4.78, 5) is 10.7. The van der Waals surface area contributed by atoms with E-state index in [1.165, 1.54) is 19.3 Å². The van der Waals surface area contributed by atoms with Crippen molar-refractivity contribution in [1.29, 1.82) is 0 Å². The highest BCUT2D eigenvalue weighted by molar-refractivity contribution is 9.10. The van der Waals surface area contributed by atoms with Crippen molar-refractivity contribution in [1.82, 2.24) is 9.97 Å². The zero-order valence-corrected chi connectivity index (χ0v) is 11.3. The Morgan fingerprint density at radius 2 is 2.24 bits per heavy atom. The van der Waals surface area contributed by atoms with Gasteiger partial charge in [0.15, 0.2) is 0 Å². The summed E-state index contributed by atoms with van der Waals surface area (Å²) < 4.78 is 0.979. The Kier molecular flexibility index (Phi) is 3.04. The lowest BCUT2D eigenvalue weighted by Gasteiger charge is -2.29. The summed E-state index contributed by atoms with van der Waals surface area (Å²) in [6, 6.07) is 0.374. The van der Waals surface area contributed by atoms with Crippen molar-refractivity contribution in [3.8, 4) is 0 Å². The molecule has 3 atom stereocenters. The van der Waals surface area contributed by atoms with Crippen LogP contribution in [-0.4, -0.2) is 29.1 Å². The van der Waals surface area contributed by atoms with Crippen LogP contribution < -0.4 is 10.6 Å². The molecule has 2 heterocycles. The number of aromatic nitrogens is 2. The van der Waals surface area contributed by atoms with E-state index in [0.717, 1.165) is 29.3 Å². The molecule has 1 aliphatic carbocycles. The third-order valence-electron chi connectivity index (χ3n) is 4.10. The Morgan fingerprint density at radius 1 is 1.35 bits per heavy atom. The first-order chi connectivity index (χ1) is 8.25. The predicted molar refractivity (Wildman–Crippen MR) is 70.8 cm³/mol. The van der Waals surface area contributed by atoms with Gasteiger partial charge in [-0.1, -0.05) is 6.42 Å². The standard InChI is InChI=1S/C12H17BrN4/c13-10-4-15-7-16-12(10)17-5-8-2-1-3-11(14)9(8)6-17/h4,7-9,11H,1-3,5-6,14H2. The van der Waals surface area contributed by atoms with Crippen LogP contribution in [0.4, 0.5) is 5.82 Å². The monoisotopic (exact) mass is 296 g/mol. The molecule has 2 aliphatic rings. The van der Waals surface area contributed by atoms with E-state index in [-0.39, 0.29) is 0 Å². The molecule has 3 unspecified atom stereocenters. The van der Waals surface area contributed by atoms with Gasteiger partial charge in [0.1, 0.15) is 12.1 Å². The minimum atomic E-state index is 0.374. The summed E-state index contributed by atoms with van der Waals surface area (Å²) in [6.07, 6.45) is 7.20. The van der Waals surface area contributed by atoms with Crippen LogP contribution in [0.5, 0.6) is 0 Å². The van der Waals surface area contributed by atoms with Gasteiger partial charge in [-0.2, -0.15) is 0 Å². The first-order valence-electron chi connectivity index (χ1n) is 6.21. The van der Waals surface area contributed by atoms with E-state index in [0.29, 0.717) is 12.0 Å². The molecule has 1 aromatic rings.